The predicted octanol–water partition coefficient (Wildman–Crippen LogP) is 4.27. The zero-order valence-electron chi connectivity index (χ0n) is 17.4. The number of aliphatic hydroxyl groups excluding tert-OH is 1. The highest BCUT2D eigenvalue weighted by atomic mass is 35.5. The van der Waals surface area contributed by atoms with Crippen molar-refractivity contribution in [1.82, 2.24) is 0 Å². The van der Waals surface area contributed by atoms with Crippen molar-refractivity contribution < 1.29 is 28.5 Å². The molecule has 30 heavy (non-hydrogen) atoms. The molecule has 0 bridgehead atoms. The lowest BCUT2D eigenvalue weighted by atomic mass is 9.78. The number of esters is 1. The van der Waals surface area contributed by atoms with Crippen molar-refractivity contribution in [2.75, 3.05) is 25.8 Å². The molecule has 1 N–H and O–H groups in total. The Morgan fingerprint density at radius 3 is 1.87 bits per heavy atom. The normalized spacial score (nSPS) is 13.4. The second kappa shape index (κ2) is 11.2. The van der Waals surface area contributed by atoms with Crippen molar-refractivity contribution in [2.24, 2.45) is 0 Å². The lowest BCUT2D eigenvalue weighted by molar-refractivity contribution is -0.146. The predicted molar refractivity (Wildman–Crippen MR) is 114 cm³/mol. The summed E-state index contributed by atoms with van der Waals surface area (Å²) in [6.07, 6.45) is -1.61. The minimum Gasteiger partial charge on any atom is -0.491 e. The first-order valence-electron chi connectivity index (χ1n) is 9.70. The van der Waals surface area contributed by atoms with Crippen LogP contribution in [0.2, 0.25) is 0 Å². The van der Waals surface area contributed by atoms with Crippen LogP contribution in [0, 0.1) is 0 Å². The Morgan fingerprint density at radius 2 is 1.47 bits per heavy atom. The largest absolute Gasteiger partial charge is 0.491 e. The van der Waals surface area contributed by atoms with E-state index in [4.69, 9.17) is 25.8 Å². The second-order valence-electron chi connectivity index (χ2n) is 7.49. The van der Waals surface area contributed by atoms with Crippen LogP contribution < -0.4 is 9.47 Å². The number of carbonyl (C=O) groups is 1. The third-order valence-corrected chi connectivity index (χ3v) is 5.06. The maximum absolute atomic E-state index is 12.3. The minimum absolute atomic E-state index is 0.0806. The van der Waals surface area contributed by atoms with Gasteiger partial charge in [-0.2, -0.15) is 0 Å². The van der Waals surface area contributed by atoms with Crippen LogP contribution in [0.3, 0.4) is 0 Å². The van der Waals surface area contributed by atoms with Crippen molar-refractivity contribution in [3.05, 3.63) is 59.7 Å². The number of hydrogen-bond donors (Lipinski definition) is 1. The van der Waals surface area contributed by atoms with Gasteiger partial charge in [0.1, 0.15) is 43.6 Å². The standard InChI is InChI=1S/C23H28ClFO5/c1-16(26)30-22(12-24)15-29-21-10-6-18(7-11-21)23(2,3)17-4-8-20(9-5-17)28-14-19(27)13-25/h4-11,19,22,27H,12-15H2,1-3H3/t19-,22+/m1/s1. The fraction of sp³-hybridized carbons (Fsp3) is 0.435. The molecule has 0 saturated heterocycles. The van der Waals surface area contributed by atoms with Crippen molar-refractivity contribution in [2.45, 2.75) is 38.4 Å². The average molecular weight is 439 g/mol. The highest BCUT2D eigenvalue weighted by molar-refractivity contribution is 6.18. The smallest absolute Gasteiger partial charge is 0.303 e. The summed E-state index contributed by atoms with van der Waals surface area (Å²) < 4.78 is 28.4. The molecule has 0 aliphatic rings. The molecule has 0 aromatic heterocycles. The molecule has 0 aliphatic heterocycles. The Labute approximate surface area is 181 Å². The van der Waals surface area contributed by atoms with E-state index in [0.717, 1.165) is 11.1 Å². The van der Waals surface area contributed by atoms with Crippen molar-refractivity contribution in [1.29, 1.82) is 0 Å². The fourth-order valence-corrected chi connectivity index (χ4v) is 3.03. The van der Waals surface area contributed by atoms with Crippen LogP contribution in [-0.4, -0.2) is 49.1 Å². The molecule has 2 rings (SSSR count). The van der Waals surface area contributed by atoms with Gasteiger partial charge in [-0.1, -0.05) is 38.1 Å². The summed E-state index contributed by atoms with van der Waals surface area (Å²) >= 11 is 5.79. The summed E-state index contributed by atoms with van der Waals surface area (Å²) in [5.41, 5.74) is 1.89. The van der Waals surface area contributed by atoms with Crippen LogP contribution in [-0.2, 0) is 14.9 Å². The van der Waals surface area contributed by atoms with Crippen molar-refractivity contribution in [3.63, 3.8) is 0 Å². The van der Waals surface area contributed by atoms with E-state index in [1.807, 2.05) is 36.4 Å². The summed E-state index contributed by atoms with van der Waals surface area (Å²) in [7, 11) is 0. The van der Waals surface area contributed by atoms with E-state index < -0.39 is 24.9 Å². The molecule has 0 spiro atoms. The molecule has 0 heterocycles. The van der Waals surface area contributed by atoms with E-state index in [9.17, 15) is 14.3 Å². The highest BCUT2D eigenvalue weighted by Gasteiger charge is 2.23. The zero-order chi connectivity index (χ0) is 22.1. The number of alkyl halides is 2. The summed E-state index contributed by atoms with van der Waals surface area (Å²) in [5.74, 6) is 1.01. The molecule has 0 amide bonds. The molecule has 0 fully saturated rings. The Morgan fingerprint density at radius 1 is 1.00 bits per heavy atom. The first-order chi connectivity index (χ1) is 14.3. The number of ether oxygens (including phenoxy) is 3. The molecule has 2 aromatic carbocycles. The Kier molecular flexibility index (Phi) is 8.93. The van der Waals surface area contributed by atoms with Gasteiger partial charge in [0.15, 0.2) is 0 Å². The molecule has 2 aromatic rings. The lowest BCUT2D eigenvalue weighted by Crippen LogP contribution is -2.25. The van der Waals surface area contributed by atoms with Crippen LogP contribution in [0.5, 0.6) is 11.5 Å². The Hall–Kier alpha value is -2.31. The van der Waals surface area contributed by atoms with E-state index in [1.54, 1.807) is 12.1 Å². The van der Waals surface area contributed by atoms with Crippen molar-refractivity contribution in [3.8, 4) is 11.5 Å². The number of benzene rings is 2. The van der Waals surface area contributed by atoms with Crippen LogP contribution in [0.15, 0.2) is 48.5 Å². The van der Waals surface area contributed by atoms with E-state index in [2.05, 4.69) is 13.8 Å². The number of hydrogen-bond acceptors (Lipinski definition) is 5. The van der Waals surface area contributed by atoms with E-state index in [-0.39, 0.29) is 24.5 Å². The van der Waals surface area contributed by atoms with Gasteiger partial charge in [-0.25, -0.2) is 4.39 Å². The zero-order valence-corrected chi connectivity index (χ0v) is 18.2. The molecule has 0 aliphatic carbocycles. The van der Waals surface area contributed by atoms with Crippen LogP contribution in [0.1, 0.15) is 31.9 Å². The molecular formula is C23H28ClFO5. The Balaban J connectivity index is 2.01. The first kappa shape index (κ1) is 24.0. The average Bonchev–Trinajstić information content (AvgIpc) is 2.75. The third kappa shape index (κ3) is 6.89. The summed E-state index contributed by atoms with van der Waals surface area (Å²) in [6.45, 7) is 4.82. The molecule has 0 unspecified atom stereocenters. The number of rotatable bonds is 11. The second-order valence-corrected chi connectivity index (χ2v) is 7.80. The van der Waals surface area contributed by atoms with Crippen LogP contribution >= 0.6 is 11.6 Å². The molecule has 0 radical (unpaired) electrons. The molecule has 5 nitrogen and oxygen atoms in total. The van der Waals surface area contributed by atoms with E-state index in [1.165, 1.54) is 6.92 Å². The SMILES string of the molecule is CC(=O)O[C@@H](CCl)COc1ccc(C(C)(C)c2ccc(OC[C@H](O)CF)cc2)cc1. The number of halogens is 2. The van der Waals surface area contributed by atoms with E-state index in [0.29, 0.717) is 11.5 Å². The minimum atomic E-state index is -1.12. The van der Waals surface area contributed by atoms with Crippen molar-refractivity contribution >= 4 is 17.6 Å². The topological polar surface area (TPSA) is 65.0 Å². The summed E-state index contributed by atoms with van der Waals surface area (Å²) in [5, 5.41) is 9.26. The quantitative estimate of drug-likeness (QED) is 0.419. The van der Waals surface area contributed by atoms with Crippen LogP contribution in [0.25, 0.3) is 0 Å². The molecule has 0 saturated carbocycles. The number of carbonyl (C=O) groups excluding carboxylic acids is 1. The van der Waals surface area contributed by atoms with E-state index >= 15 is 0 Å². The number of aliphatic hydroxyl groups is 1. The van der Waals surface area contributed by atoms with Gasteiger partial charge in [-0.3, -0.25) is 4.79 Å². The van der Waals surface area contributed by atoms with Gasteiger partial charge in [0, 0.05) is 12.3 Å². The Bertz CT molecular complexity index is 792. The van der Waals surface area contributed by atoms with Gasteiger partial charge < -0.3 is 19.3 Å². The molecule has 2 atom stereocenters. The third-order valence-electron chi connectivity index (χ3n) is 4.71. The monoisotopic (exact) mass is 438 g/mol. The van der Waals surface area contributed by atoms with Crippen LogP contribution in [0.4, 0.5) is 4.39 Å². The lowest BCUT2D eigenvalue weighted by Gasteiger charge is -2.26. The maximum atomic E-state index is 12.3. The van der Waals surface area contributed by atoms with Gasteiger partial charge >= 0.3 is 5.97 Å². The molecule has 164 valence electrons. The van der Waals surface area contributed by atoms with Gasteiger partial charge in [-0.05, 0) is 35.4 Å². The first-order valence-corrected chi connectivity index (χ1v) is 10.2. The van der Waals surface area contributed by atoms with Gasteiger partial charge in [0.2, 0.25) is 0 Å². The summed E-state index contributed by atoms with van der Waals surface area (Å²) in [6, 6.07) is 15.2. The molecule has 7 heteroatoms. The van der Waals surface area contributed by atoms with Gasteiger partial charge in [0.25, 0.3) is 0 Å². The van der Waals surface area contributed by atoms with Gasteiger partial charge in [0.05, 0.1) is 5.88 Å². The molecular weight excluding hydrogens is 411 g/mol. The summed E-state index contributed by atoms with van der Waals surface area (Å²) in [4.78, 5) is 11.0. The highest BCUT2D eigenvalue weighted by Crippen LogP contribution is 2.33. The maximum Gasteiger partial charge on any atom is 0.303 e. The van der Waals surface area contributed by atoms with Gasteiger partial charge in [-0.15, -0.1) is 11.6 Å². The fourth-order valence-electron chi connectivity index (χ4n) is 2.87.